The molecule has 0 saturated carbocycles. The van der Waals surface area contributed by atoms with Gasteiger partial charge in [0.2, 0.25) is 0 Å². The molecule has 2 heterocycles. The number of aromatic nitrogens is 3. The molecule has 4 rings (SSSR count). The maximum Gasteiger partial charge on any atom is 0.263 e. The predicted octanol–water partition coefficient (Wildman–Crippen LogP) is 3.45. The molecule has 0 fully saturated rings. The second-order valence-electron chi connectivity index (χ2n) is 6.35. The van der Waals surface area contributed by atoms with Crippen molar-refractivity contribution in [3.8, 4) is 5.75 Å². The summed E-state index contributed by atoms with van der Waals surface area (Å²) in [5.41, 5.74) is 1.71. The summed E-state index contributed by atoms with van der Waals surface area (Å²) in [4.78, 5) is 34.0. The van der Waals surface area contributed by atoms with E-state index in [9.17, 15) is 14.7 Å². The fourth-order valence-electron chi connectivity index (χ4n) is 2.94. The van der Waals surface area contributed by atoms with Gasteiger partial charge in [-0.15, -0.1) is 0 Å². The van der Waals surface area contributed by atoms with Crippen molar-refractivity contribution in [3.05, 3.63) is 93.8 Å². The number of rotatable bonds is 4. The number of aromatic hydroxyl groups is 1. The van der Waals surface area contributed by atoms with Crippen LogP contribution in [-0.4, -0.2) is 25.5 Å². The Morgan fingerprint density at radius 2 is 1.93 bits per heavy atom. The van der Waals surface area contributed by atoms with Gasteiger partial charge in [-0.2, -0.15) is 0 Å². The van der Waals surface area contributed by atoms with Crippen LogP contribution in [0.5, 0.6) is 5.75 Å². The van der Waals surface area contributed by atoms with Crippen LogP contribution in [0.3, 0.4) is 0 Å². The van der Waals surface area contributed by atoms with Gasteiger partial charge < -0.3 is 10.4 Å². The number of carbonyl (C=O) groups excluding carboxylic acids is 1. The molecule has 0 aliphatic carbocycles. The van der Waals surface area contributed by atoms with E-state index in [1.807, 2.05) is 12.1 Å². The molecule has 29 heavy (non-hydrogen) atoms. The average Bonchev–Trinajstić information content (AvgIpc) is 2.73. The molecule has 144 valence electrons. The third-order valence-corrected chi connectivity index (χ3v) is 4.72. The Balaban J connectivity index is 1.72. The standard InChI is InChI=1S/C21H15ClN4O3/c22-15-10-14(4-5-18(15)27)20(28)25-17-3-1-2-16-19(17)21(29)26(12-24-16)11-13-6-8-23-9-7-13/h1-10,12,27H,11H2,(H,25,28). The fraction of sp³-hybridized carbons (Fsp3) is 0.0476. The predicted molar refractivity (Wildman–Crippen MR) is 110 cm³/mol. The van der Waals surface area contributed by atoms with Crippen molar-refractivity contribution in [1.29, 1.82) is 0 Å². The molecule has 0 bridgehead atoms. The maximum absolute atomic E-state index is 13.1. The van der Waals surface area contributed by atoms with Crippen molar-refractivity contribution in [2.75, 3.05) is 5.32 Å². The first kappa shape index (κ1) is 18.6. The van der Waals surface area contributed by atoms with Crippen molar-refractivity contribution < 1.29 is 9.90 Å². The largest absolute Gasteiger partial charge is 0.506 e. The molecule has 2 N–H and O–H groups in total. The van der Waals surface area contributed by atoms with E-state index in [0.717, 1.165) is 5.56 Å². The number of carbonyl (C=O) groups is 1. The summed E-state index contributed by atoms with van der Waals surface area (Å²) >= 11 is 5.88. The molecule has 7 nitrogen and oxygen atoms in total. The monoisotopic (exact) mass is 406 g/mol. The summed E-state index contributed by atoms with van der Waals surface area (Å²) in [5, 5.41) is 12.6. The Morgan fingerprint density at radius 3 is 2.69 bits per heavy atom. The lowest BCUT2D eigenvalue weighted by Gasteiger charge is -2.11. The van der Waals surface area contributed by atoms with Gasteiger partial charge in [0.1, 0.15) is 5.75 Å². The summed E-state index contributed by atoms with van der Waals surface area (Å²) in [6.07, 6.45) is 4.79. The molecule has 0 aliphatic heterocycles. The zero-order valence-electron chi connectivity index (χ0n) is 15.0. The van der Waals surface area contributed by atoms with Crippen LogP contribution in [-0.2, 0) is 6.54 Å². The highest BCUT2D eigenvalue weighted by atomic mass is 35.5. The normalized spacial score (nSPS) is 10.8. The number of phenolic OH excluding ortho intramolecular Hbond substituents is 1. The van der Waals surface area contributed by atoms with E-state index < -0.39 is 5.91 Å². The lowest BCUT2D eigenvalue weighted by molar-refractivity contribution is 0.102. The molecule has 2 aromatic carbocycles. The van der Waals surface area contributed by atoms with Crippen LogP contribution in [0.15, 0.2) is 72.0 Å². The second-order valence-corrected chi connectivity index (χ2v) is 6.76. The van der Waals surface area contributed by atoms with Crippen molar-refractivity contribution in [2.45, 2.75) is 6.54 Å². The van der Waals surface area contributed by atoms with Gasteiger partial charge in [-0.25, -0.2) is 4.98 Å². The fourth-order valence-corrected chi connectivity index (χ4v) is 3.13. The van der Waals surface area contributed by atoms with Crippen molar-refractivity contribution in [3.63, 3.8) is 0 Å². The molecular weight excluding hydrogens is 392 g/mol. The number of nitrogens with one attached hydrogen (secondary N) is 1. The summed E-state index contributed by atoms with van der Waals surface area (Å²) in [6, 6.07) is 12.8. The molecule has 0 spiro atoms. The van der Waals surface area contributed by atoms with E-state index in [1.165, 1.54) is 29.1 Å². The van der Waals surface area contributed by atoms with Gasteiger partial charge in [0.05, 0.1) is 34.5 Å². The Labute approximate surface area is 170 Å². The molecule has 1 amide bonds. The lowest BCUT2D eigenvalue weighted by Crippen LogP contribution is -2.23. The van der Waals surface area contributed by atoms with Crippen molar-refractivity contribution >= 4 is 34.1 Å². The van der Waals surface area contributed by atoms with E-state index in [1.54, 1.807) is 30.6 Å². The van der Waals surface area contributed by atoms with Crippen LogP contribution in [0, 0.1) is 0 Å². The number of hydrogen-bond acceptors (Lipinski definition) is 5. The second kappa shape index (κ2) is 7.73. The highest BCUT2D eigenvalue weighted by Gasteiger charge is 2.14. The maximum atomic E-state index is 13.1. The third-order valence-electron chi connectivity index (χ3n) is 4.41. The number of phenols is 1. The van der Waals surface area contributed by atoms with Gasteiger partial charge in [0.15, 0.2) is 0 Å². The van der Waals surface area contributed by atoms with Crippen LogP contribution in [0.1, 0.15) is 15.9 Å². The van der Waals surface area contributed by atoms with Crippen LogP contribution < -0.4 is 10.9 Å². The Hall–Kier alpha value is -3.71. The number of nitrogens with zero attached hydrogens (tertiary/aromatic N) is 3. The number of fused-ring (bicyclic) bond motifs is 1. The first-order valence-electron chi connectivity index (χ1n) is 8.70. The van der Waals surface area contributed by atoms with E-state index in [2.05, 4.69) is 15.3 Å². The van der Waals surface area contributed by atoms with Gasteiger partial charge in [0.25, 0.3) is 11.5 Å². The number of anilines is 1. The highest BCUT2D eigenvalue weighted by molar-refractivity contribution is 6.32. The van der Waals surface area contributed by atoms with Crippen LogP contribution in [0.2, 0.25) is 5.02 Å². The SMILES string of the molecule is O=C(Nc1cccc2ncn(Cc3ccncc3)c(=O)c12)c1ccc(O)c(Cl)c1. The van der Waals surface area contributed by atoms with Gasteiger partial charge >= 0.3 is 0 Å². The van der Waals surface area contributed by atoms with Crippen LogP contribution in [0.25, 0.3) is 10.9 Å². The smallest absolute Gasteiger partial charge is 0.263 e. The van der Waals surface area contributed by atoms with Gasteiger partial charge in [-0.05, 0) is 48.0 Å². The molecule has 0 atom stereocenters. The number of pyridine rings is 1. The Bertz CT molecular complexity index is 1270. The number of hydrogen-bond donors (Lipinski definition) is 2. The molecule has 0 saturated heterocycles. The highest BCUT2D eigenvalue weighted by Crippen LogP contribution is 2.25. The topological polar surface area (TPSA) is 97.1 Å². The van der Waals surface area contributed by atoms with Crippen molar-refractivity contribution in [2.24, 2.45) is 0 Å². The van der Waals surface area contributed by atoms with E-state index in [0.29, 0.717) is 23.1 Å². The Kier molecular flexibility index (Phi) is 4.97. The van der Waals surface area contributed by atoms with Crippen LogP contribution >= 0.6 is 11.6 Å². The number of halogens is 1. The number of amides is 1. The molecule has 0 radical (unpaired) electrons. The van der Waals surface area contributed by atoms with E-state index in [-0.39, 0.29) is 21.9 Å². The van der Waals surface area contributed by atoms with Crippen molar-refractivity contribution in [1.82, 2.24) is 14.5 Å². The molecule has 8 heteroatoms. The van der Waals surface area contributed by atoms with E-state index >= 15 is 0 Å². The first-order chi connectivity index (χ1) is 14.0. The number of benzene rings is 2. The van der Waals surface area contributed by atoms with E-state index in [4.69, 9.17) is 11.6 Å². The quantitative estimate of drug-likeness (QED) is 0.541. The molecule has 0 unspecified atom stereocenters. The Morgan fingerprint density at radius 1 is 1.14 bits per heavy atom. The molecule has 2 aromatic heterocycles. The average molecular weight is 407 g/mol. The minimum absolute atomic E-state index is 0.0666. The zero-order chi connectivity index (χ0) is 20.4. The molecular formula is C21H15ClN4O3. The summed E-state index contributed by atoms with van der Waals surface area (Å²) in [6.45, 7) is 0.333. The van der Waals surface area contributed by atoms with Gasteiger partial charge in [0, 0.05) is 18.0 Å². The van der Waals surface area contributed by atoms with Gasteiger partial charge in [-0.3, -0.25) is 19.1 Å². The molecule has 4 aromatic rings. The van der Waals surface area contributed by atoms with Crippen LogP contribution in [0.4, 0.5) is 5.69 Å². The molecule has 0 aliphatic rings. The minimum Gasteiger partial charge on any atom is -0.506 e. The summed E-state index contributed by atoms with van der Waals surface area (Å²) in [7, 11) is 0. The third kappa shape index (κ3) is 3.81. The zero-order valence-corrected chi connectivity index (χ0v) is 15.8. The lowest BCUT2D eigenvalue weighted by atomic mass is 10.1. The summed E-state index contributed by atoms with van der Waals surface area (Å²) in [5.74, 6) is -0.570. The summed E-state index contributed by atoms with van der Waals surface area (Å²) < 4.78 is 1.48. The first-order valence-corrected chi connectivity index (χ1v) is 9.07. The van der Waals surface area contributed by atoms with Gasteiger partial charge in [-0.1, -0.05) is 17.7 Å². The minimum atomic E-state index is -0.455.